The maximum atomic E-state index is 5.64. The highest BCUT2D eigenvalue weighted by Crippen LogP contribution is 2.34. The van der Waals surface area contributed by atoms with Gasteiger partial charge >= 0.3 is 0 Å². The van der Waals surface area contributed by atoms with Crippen LogP contribution in [0.4, 0.5) is 11.5 Å². The number of aryl methyl sites for hydroxylation is 1. The molecule has 1 aliphatic rings. The van der Waals surface area contributed by atoms with Crippen LogP contribution in [0.3, 0.4) is 0 Å². The first-order valence-corrected chi connectivity index (χ1v) is 7.62. The summed E-state index contributed by atoms with van der Waals surface area (Å²) in [5, 5.41) is 7.71. The quantitative estimate of drug-likeness (QED) is 0.801. The van der Waals surface area contributed by atoms with E-state index in [-0.39, 0.29) is 0 Å². The number of benzene rings is 1. The third-order valence-electron chi connectivity index (χ3n) is 3.89. The van der Waals surface area contributed by atoms with Crippen molar-refractivity contribution in [1.82, 2.24) is 19.6 Å². The summed E-state index contributed by atoms with van der Waals surface area (Å²) < 4.78 is 12.9. The number of anilines is 2. The van der Waals surface area contributed by atoms with Gasteiger partial charge in [-0.15, -0.1) is 0 Å². The average molecular weight is 311 g/mol. The van der Waals surface area contributed by atoms with Crippen molar-refractivity contribution in [2.24, 2.45) is 0 Å². The molecule has 0 atom stereocenters. The highest BCUT2D eigenvalue weighted by molar-refractivity contribution is 5.65. The van der Waals surface area contributed by atoms with Gasteiger partial charge in [-0.2, -0.15) is 14.6 Å². The molecule has 1 aliphatic heterocycles. The molecule has 0 spiro atoms. The first kappa shape index (κ1) is 13.8. The maximum Gasteiger partial charge on any atom is 0.254 e. The van der Waals surface area contributed by atoms with Crippen LogP contribution in [0.5, 0.6) is 11.5 Å². The highest BCUT2D eigenvalue weighted by Gasteiger charge is 2.16. The lowest BCUT2D eigenvalue weighted by Gasteiger charge is -2.20. The molecule has 2 aromatic heterocycles. The SMILES string of the molecule is CCc1c(C)nc2ncnn2c1Nc1ccc2c(c1)OCCO2. The summed E-state index contributed by atoms with van der Waals surface area (Å²) in [6, 6.07) is 5.81. The number of ether oxygens (including phenoxy) is 2. The normalized spacial score (nSPS) is 13.3. The van der Waals surface area contributed by atoms with Crippen molar-refractivity contribution in [2.75, 3.05) is 18.5 Å². The van der Waals surface area contributed by atoms with Gasteiger partial charge in [-0.05, 0) is 25.5 Å². The van der Waals surface area contributed by atoms with Gasteiger partial charge in [0.15, 0.2) is 11.5 Å². The fourth-order valence-electron chi connectivity index (χ4n) is 2.80. The average Bonchev–Trinajstić information content (AvgIpc) is 3.03. The topological polar surface area (TPSA) is 73.6 Å². The van der Waals surface area contributed by atoms with Crippen molar-refractivity contribution in [1.29, 1.82) is 0 Å². The molecule has 4 rings (SSSR count). The minimum absolute atomic E-state index is 0.568. The third kappa shape index (κ3) is 2.34. The van der Waals surface area contributed by atoms with Crippen LogP contribution in [0.25, 0.3) is 5.78 Å². The van der Waals surface area contributed by atoms with Gasteiger partial charge in [-0.1, -0.05) is 6.92 Å². The van der Waals surface area contributed by atoms with Crippen LogP contribution >= 0.6 is 0 Å². The lowest BCUT2D eigenvalue weighted by Crippen LogP contribution is -2.15. The lowest BCUT2D eigenvalue weighted by molar-refractivity contribution is 0.171. The number of fused-ring (bicyclic) bond motifs is 2. The molecule has 1 N–H and O–H groups in total. The van der Waals surface area contributed by atoms with Gasteiger partial charge in [0.05, 0.1) is 0 Å². The van der Waals surface area contributed by atoms with Gasteiger partial charge in [-0.25, -0.2) is 4.98 Å². The highest BCUT2D eigenvalue weighted by atomic mass is 16.6. The molecule has 0 unspecified atom stereocenters. The smallest absolute Gasteiger partial charge is 0.254 e. The molecule has 3 aromatic rings. The van der Waals surface area contributed by atoms with Crippen LogP contribution < -0.4 is 14.8 Å². The van der Waals surface area contributed by atoms with Crippen molar-refractivity contribution < 1.29 is 9.47 Å². The van der Waals surface area contributed by atoms with Crippen molar-refractivity contribution in [3.8, 4) is 11.5 Å². The molecule has 0 radical (unpaired) electrons. The van der Waals surface area contributed by atoms with Crippen LogP contribution in [0.1, 0.15) is 18.2 Å². The molecule has 118 valence electrons. The first-order valence-electron chi connectivity index (χ1n) is 7.62. The number of hydrogen-bond acceptors (Lipinski definition) is 6. The molecule has 0 amide bonds. The van der Waals surface area contributed by atoms with E-state index in [9.17, 15) is 0 Å². The van der Waals surface area contributed by atoms with E-state index >= 15 is 0 Å². The number of nitrogens with one attached hydrogen (secondary N) is 1. The minimum atomic E-state index is 0.568. The number of rotatable bonds is 3. The van der Waals surface area contributed by atoms with Gasteiger partial charge in [-0.3, -0.25) is 0 Å². The zero-order valence-corrected chi connectivity index (χ0v) is 13.0. The molecular formula is C16H17N5O2. The van der Waals surface area contributed by atoms with Gasteiger partial charge in [0.25, 0.3) is 5.78 Å². The van der Waals surface area contributed by atoms with E-state index in [1.807, 2.05) is 25.1 Å². The largest absolute Gasteiger partial charge is 0.486 e. The molecule has 0 fully saturated rings. The van der Waals surface area contributed by atoms with Gasteiger partial charge in [0, 0.05) is 23.0 Å². The second-order valence-electron chi connectivity index (χ2n) is 5.33. The molecule has 3 heterocycles. The fourth-order valence-corrected chi connectivity index (χ4v) is 2.80. The Morgan fingerprint density at radius 2 is 2.04 bits per heavy atom. The Morgan fingerprint density at radius 1 is 1.22 bits per heavy atom. The lowest BCUT2D eigenvalue weighted by atomic mass is 10.1. The van der Waals surface area contributed by atoms with E-state index in [0.717, 1.165) is 40.7 Å². The molecule has 7 heteroatoms. The van der Waals surface area contributed by atoms with E-state index in [1.54, 1.807) is 4.52 Å². The van der Waals surface area contributed by atoms with Crippen molar-refractivity contribution in [3.05, 3.63) is 35.8 Å². The Morgan fingerprint density at radius 3 is 2.87 bits per heavy atom. The van der Waals surface area contributed by atoms with Crippen LogP contribution in [0.15, 0.2) is 24.5 Å². The Labute approximate surface area is 133 Å². The Bertz CT molecular complexity index is 874. The summed E-state index contributed by atoms with van der Waals surface area (Å²) >= 11 is 0. The van der Waals surface area contributed by atoms with E-state index in [4.69, 9.17) is 9.47 Å². The van der Waals surface area contributed by atoms with E-state index < -0.39 is 0 Å². The van der Waals surface area contributed by atoms with Gasteiger partial charge < -0.3 is 14.8 Å². The first-order chi connectivity index (χ1) is 11.3. The summed E-state index contributed by atoms with van der Waals surface area (Å²) in [6.45, 7) is 5.24. The van der Waals surface area contributed by atoms with E-state index in [2.05, 4.69) is 27.3 Å². The summed E-state index contributed by atoms with van der Waals surface area (Å²) in [7, 11) is 0. The minimum Gasteiger partial charge on any atom is -0.486 e. The van der Waals surface area contributed by atoms with Crippen molar-refractivity contribution >= 4 is 17.3 Å². The number of hydrogen-bond donors (Lipinski definition) is 1. The summed E-state index contributed by atoms with van der Waals surface area (Å²) in [5.41, 5.74) is 2.97. The third-order valence-corrected chi connectivity index (χ3v) is 3.89. The van der Waals surface area contributed by atoms with Crippen molar-refractivity contribution in [3.63, 3.8) is 0 Å². The maximum absolute atomic E-state index is 5.64. The molecule has 7 nitrogen and oxygen atoms in total. The number of aromatic nitrogens is 4. The van der Waals surface area contributed by atoms with Crippen LogP contribution in [-0.4, -0.2) is 32.8 Å². The monoisotopic (exact) mass is 311 g/mol. The fraction of sp³-hybridized carbons (Fsp3) is 0.312. The zero-order chi connectivity index (χ0) is 15.8. The Kier molecular flexibility index (Phi) is 3.25. The van der Waals surface area contributed by atoms with Crippen LogP contribution in [0.2, 0.25) is 0 Å². The van der Waals surface area contributed by atoms with Crippen molar-refractivity contribution in [2.45, 2.75) is 20.3 Å². The molecular weight excluding hydrogens is 294 g/mol. The summed E-state index contributed by atoms with van der Waals surface area (Å²) in [5.74, 6) is 2.98. The molecule has 0 aliphatic carbocycles. The van der Waals surface area contributed by atoms with Crippen LogP contribution in [-0.2, 0) is 6.42 Å². The zero-order valence-electron chi connectivity index (χ0n) is 13.0. The molecule has 23 heavy (non-hydrogen) atoms. The summed E-state index contributed by atoms with van der Waals surface area (Å²) in [4.78, 5) is 8.67. The molecule has 0 bridgehead atoms. The predicted molar refractivity (Wildman–Crippen MR) is 85.6 cm³/mol. The molecule has 1 aromatic carbocycles. The second-order valence-corrected chi connectivity index (χ2v) is 5.33. The molecule has 0 saturated carbocycles. The number of nitrogens with zero attached hydrogens (tertiary/aromatic N) is 4. The Balaban J connectivity index is 1.79. The summed E-state index contributed by atoms with van der Waals surface area (Å²) in [6.07, 6.45) is 2.36. The molecule has 0 saturated heterocycles. The van der Waals surface area contributed by atoms with E-state index in [1.165, 1.54) is 6.33 Å². The Hall–Kier alpha value is -2.83. The predicted octanol–water partition coefficient (Wildman–Crippen LogP) is 2.51. The van der Waals surface area contributed by atoms with Gasteiger partial charge in [0.2, 0.25) is 0 Å². The van der Waals surface area contributed by atoms with E-state index in [0.29, 0.717) is 19.0 Å². The van der Waals surface area contributed by atoms with Gasteiger partial charge in [0.1, 0.15) is 25.4 Å². The second kappa shape index (κ2) is 5.42. The van der Waals surface area contributed by atoms with Crippen LogP contribution in [0, 0.1) is 6.92 Å². The standard InChI is InChI=1S/C16H17N5O2/c1-3-12-10(2)19-16-17-9-18-21(16)15(12)20-11-4-5-13-14(8-11)23-7-6-22-13/h4-5,8-9,20H,3,6-7H2,1-2H3.